The summed E-state index contributed by atoms with van der Waals surface area (Å²) >= 11 is 0. The van der Waals surface area contributed by atoms with Gasteiger partial charge < -0.3 is 15.5 Å². The van der Waals surface area contributed by atoms with Crippen molar-refractivity contribution in [2.24, 2.45) is 21.8 Å². The van der Waals surface area contributed by atoms with Crippen LogP contribution in [0.5, 0.6) is 0 Å². The van der Waals surface area contributed by atoms with Gasteiger partial charge in [-0.15, -0.1) is 0 Å². The predicted molar refractivity (Wildman–Crippen MR) is 184 cm³/mol. The van der Waals surface area contributed by atoms with Gasteiger partial charge in [0.15, 0.2) is 5.84 Å². The van der Waals surface area contributed by atoms with Crippen molar-refractivity contribution in [3.05, 3.63) is 149 Å². The Morgan fingerprint density at radius 3 is 2.62 bits per heavy atom. The summed E-state index contributed by atoms with van der Waals surface area (Å²) in [5, 5.41) is 7.79. The third kappa shape index (κ3) is 4.59. The SMILES string of the molecule is C1=CCC(C2N=C(c3ccccc3)N=C(C3=CC(C4NC5=CCCC6=C5N4c4ccccc4C4C=CCCC64)=CCC3)N2)C=C1. The van der Waals surface area contributed by atoms with Gasteiger partial charge in [-0.2, -0.15) is 0 Å². The van der Waals surface area contributed by atoms with Crippen LogP contribution in [0.25, 0.3) is 0 Å². The van der Waals surface area contributed by atoms with Crippen molar-refractivity contribution in [1.29, 1.82) is 0 Å². The van der Waals surface area contributed by atoms with Gasteiger partial charge in [0.2, 0.25) is 0 Å². The van der Waals surface area contributed by atoms with Gasteiger partial charge in [-0.05, 0) is 85.3 Å². The molecule has 0 amide bonds. The number of hydrogen-bond donors (Lipinski definition) is 2. The summed E-state index contributed by atoms with van der Waals surface area (Å²) in [5.74, 6) is 3.10. The normalized spacial score (nSPS) is 29.6. The predicted octanol–water partition coefficient (Wildman–Crippen LogP) is 7.97. The lowest BCUT2D eigenvalue weighted by Crippen LogP contribution is -2.44. The lowest BCUT2D eigenvalue weighted by atomic mass is 9.73. The first kappa shape index (κ1) is 26.7. The number of anilines is 1. The van der Waals surface area contributed by atoms with Crippen LogP contribution in [0.1, 0.15) is 62.0 Å². The fraction of sp³-hybridized carbons (Fsp3) is 0.300. The van der Waals surface area contributed by atoms with Gasteiger partial charge in [0.25, 0.3) is 0 Å². The van der Waals surface area contributed by atoms with E-state index in [1.807, 2.05) is 0 Å². The minimum atomic E-state index is -0.0524. The fourth-order valence-corrected chi connectivity index (χ4v) is 8.40. The highest BCUT2D eigenvalue weighted by Gasteiger charge is 2.44. The molecule has 4 aliphatic carbocycles. The molecule has 5 atom stereocenters. The van der Waals surface area contributed by atoms with Crippen molar-refractivity contribution in [3.63, 3.8) is 0 Å². The molecule has 0 spiro atoms. The molecule has 5 unspecified atom stereocenters. The zero-order chi connectivity index (χ0) is 29.7. The zero-order valence-electron chi connectivity index (χ0n) is 25.6. The number of amidine groups is 2. The molecule has 5 nitrogen and oxygen atoms in total. The molecule has 1 fully saturated rings. The topological polar surface area (TPSA) is 52.0 Å². The monoisotopic (exact) mass is 589 g/mol. The van der Waals surface area contributed by atoms with Crippen LogP contribution < -0.4 is 15.5 Å². The van der Waals surface area contributed by atoms with Crippen molar-refractivity contribution >= 4 is 17.4 Å². The minimum absolute atomic E-state index is 0.0496. The number of nitrogens with zero attached hydrogens (tertiary/aromatic N) is 3. The second-order valence-corrected chi connectivity index (χ2v) is 13.1. The lowest BCUT2D eigenvalue weighted by molar-refractivity contribution is 0.475. The Bertz CT molecular complexity index is 1810. The van der Waals surface area contributed by atoms with E-state index in [1.165, 1.54) is 46.6 Å². The second-order valence-electron chi connectivity index (χ2n) is 13.1. The molecule has 3 aliphatic heterocycles. The van der Waals surface area contributed by atoms with Crippen LogP contribution >= 0.6 is 0 Å². The Balaban J connectivity index is 1.11. The molecule has 7 aliphatic rings. The highest BCUT2D eigenvalue weighted by molar-refractivity contribution is 6.13. The minimum Gasteiger partial charge on any atom is -0.360 e. The summed E-state index contributed by atoms with van der Waals surface area (Å²) in [6, 6.07) is 19.6. The molecule has 0 saturated carbocycles. The number of para-hydroxylation sites is 1. The molecule has 0 radical (unpaired) electrons. The number of rotatable bonds is 4. The number of aliphatic imine (C=N–C) groups is 2. The summed E-state index contributed by atoms with van der Waals surface area (Å²) in [6.45, 7) is 0. The van der Waals surface area contributed by atoms with Gasteiger partial charge in [0.1, 0.15) is 18.2 Å². The Morgan fingerprint density at radius 2 is 1.71 bits per heavy atom. The molecule has 2 aromatic carbocycles. The van der Waals surface area contributed by atoms with Crippen molar-refractivity contribution in [2.45, 2.75) is 63.2 Å². The van der Waals surface area contributed by atoms with E-state index < -0.39 is 0 Å². The Labute approximate surface area is 265 Å². The maximum atomic E-state index is 5.17. The molecule has 0 aromatic heterocycles. The van der Waals surface area contributed by atoms with E-state index in [0.29, 0.717) is 17.8 Å². The summed E-state index contributed by atoms with van der Waals surface area (Å²) in [6.07, 6.45) is 28.6. The van der Waals surface area contributed by atoms with Crippen LogP contribution in [0.2, 0.25) is 0 Å². The molecule has 0 bridgehead atoms. The lowest BCUT2D eigenvalue weighted by Gasteiger charge is -2.32. The van der Waals surface area contributed by atoms with E-state index in [-0.39, 0.29) is 12.3 Å². The Morgan fingerprint density at radius 1 is 0.822 bits per heavy atom. The van der Waals surface area contributed by atoms with Crippen LogP contribution in [0.3, 0.4) is 0 Å². The maximum Gasteiger partial charge on any atom is 0.159 e. The first-order valence-electron chi connectivity index (χ1n) is 16.8. The van der Waals surface area contributed by atoms with Gasteiger partial charge in [0.05, 0.1) is 11.4 Å². The Kier molecular flexibility index (Phi) is 6.57. The maximum absolute atomic E-state index is 5.17. The summed E-state index contributed by atoms with van der Waals surface area (Å²) < 4.78 is 0. The van der Waals surface area contributed by atoms with Crippen molar-refractivity contribution in [1.82, 2.24) is 10.6 Å². The number of hydrogen-bond acceptors (Lipinski definition) is 5. The third-order valence-corrected chi connectivity index (χ3v) is 10.5. The first-order valence-corrected chi connectivity index (χ1v) is 16.8. The molecule has 9 rings (SSSR count). The van der Waals surface area contributed by atoms with Crippen molar-refractivity contribution in [3.8, 4) is 0 Å². The Hall–Kier alpha value is -4.64. The molecule has 2 aromatic rings. The second kappa shape index (κ2) is 11.1. The summed E-state index contributed by atoms with van der Waals surface area (Å²) in [4.78, 5) is 12.9. The van der Waals surface area contributed by atoms with Gasteiger partial charge >= 0.3 is 0 Å². The smallest absolute Gasteiger partial charge is 0.159 e. The van der Waals surface area contributed by atoms with E-state index in [0.717, 1.165) is 49.3 Å². The number of fused-ring (bicyclic) bond motifs is 5. The van der Waals surface area contributed by atoms with Gasteiger partial charge in [0, 0.05) is 23.1 Å². The van der Waals surface area contributed by atoms with Gasteiger partial charge in [-0.25, -0.2) is 9.98 Å². The summed E-state index contributed by atoms with van der Waals surface area (Å²) in [7, 11) is 0. The molecule has 45 heavy (non-hydrogen) atoms. The van der Waals surface area contributed by atoms with Crippen LogP contribution in [0, 0.1) is 11.8 Å². The number of benzene rings is 2. The van der Waals surface area contributed by atoms with Crippen molar-refractivity contribution < 1.29 is 0 Å². The van der Waals surface area contributed by atoms with E-state index >= 15 is 0 Å². The number of nitrogens with one attached hydrogen (secondary N) is 2. The average Bonchev–Trinajstić information content (AvgIpc) is 3.46. The highest BCUT2D eigenvalue weighted by atomic mass is 15.4. The first-order chi connectivity index (χ1) is 22.3. The quantitative estimate of drug-likeness (QED) is 0.356. The third-order valence-electron chi connectivity index (χ3n) is 10.5. The molecule has 5 heteroatoms. The van der Waals surface area contributed by atoms with E-state index in [1.54, 1.807) is 5.57 Å². The van der Waals surface area contributed by atoms with Gasteiger partial charge in [-0.3, -0.25) is 0 Å². The molecular formula is C40H39N5. The molecular weight excluding hydrogens is 550 g/mol. The van der Waals surface area contributed by atoms with E-state index in [9.17, 15) is 0 Å². The highest BCUT2D eigenvalue weighted by Crippen LogP contribution is 2.52. The van der Waals surface area contributed by atoms with Crippen LogP contribution in [-0.2, 0) is 0 Å². The molecule has 2 N–H and O–H groups in total. The fourth-order valence-electron chi connectivity index (χ4n) is 8.40. The summed E-state index contributed by atoms with van der Waals surface area (Å²) in [5.41, 5.74) is 10.8. The standard InChI is InChI=1S/C40H39N5/c1-3-13-26(14-4-1)37-42-38(27-15-5-2-6-16-27)44-39(43-37)28-17-11-18-29(25-28)40-41-34-23-12-22-33-31-20-8-7-19-30(31)32-21-9-10-24-35(32)45(40)36(33)34/h1-7,9-10,13-15,18-19,21,23-25,27,30-31,38,40-41H,8,11-12,16-17,20,22H2,(H,42,43,44). The van der Waals surface area contributed by atoms with Crippen LogP contribution in [0.15, 0.2) is 147 Å². The van der Waals surface area contributed by atoms with Crippen LogP contribution in [0.4, 0.5) is 5.69 Å². The molecule has 3 heterocycles. The van der Waals surface area contributed by atoms with E-state index in [2.05, 4.69) is 125 Å². The number of allylic oxidation sites excluding steroid dienone is 8. The molecule has 224 valence electrons. The van der Waals surface area contributed by atoms with Crippen LogP contribution in [-0.4, -0.2) is 24.0 Å². The van der Waals surface area contributed by atoms with E-state index in [4.69, 9.17) is 9.98 Å². The zero-order valence-corrected chi connectivity index (χ0v) is 25.6. The average molecular weight is 590 g/mol. The molecule has 1 saturated heterocycles. The van der Waals surface area contributed by atoms with Crippen molar-refractivity contribution in [2.75, 3.05) is 4.90 Å². The van der Waals surface area contributed by atoms with Gasteiger partial charge in [-0.1, -0.05) is 97.1 Å². The largest absolute Gasteiger partial charge is 0.360 e.